The summed E-state index contributed by atoms with van der Waals surface area (Å²) < 4.78 is 53.0. The monoisotopic (exact) mass is 451 g/mol. The summed E-state index contributed by atoms with van der Waals surface area (Å²) in [6, 6.07) is 10.0. The summed E-state index contributed by atoms with van der Waals surface area (Å²) in [4.78, 5) is 27.0. The van der Waals surface area contributed by atoms with Crippen molar-refractivity contribution in [2.75, 3.05) is 24.2 Å². The first-order valence-corrected chi connectivity index (χ1v) is 11.3. The highest BCUT2D eigenvalue weighted by atomic mass is 32.2. The Hall–Kier alpha value is -2.85. The molecule has 1 fully saturated rings. The first-order valence-electron chi connectivity index (χ1n) is 9.49. The number of hydrogen-bond acceptors (Lipinski definition) is 4. The second-order valence-corrected chi connectivity index (χ2v) is 9.78. The molecule has 0 aromatic heterocycles. The van der Waals surface area contributed by atoms with E-state index in [-0.39, 0.29) is 18.8 Å². The number of carbonyl (C=O) groups excluding carboxylic acids is 2. The van der Waals surface area contributed by atoms with Crippen LogP contribution < -0.4 is 10.2 Å². The molecule has 0 saturated carbocycles. The van der Waals surface area contributed by atoms with Gasteiger partial charge >= 0.3 is 0 Å². The van der Waals surface area contributed by atoms with E-state index in [1.165, 1.54) is 6.92 Å². The Morgan fingerprint density at radius 3 is 2.39 bits per heavy atom. The maximum atomic E-state index is 14.5. The van der Waals surface area contributed by atoms with Crippen molar-refractivity contribution in [2.24, 2.45) is 0 Å². The standard InChI is InChI=1S/C21H23F2N3O4S/c1-14-4-6-15(7-5-14)11-24-20(28)21(2)13-25(31(3,29)30)12-19(27)26(21)18-9-8-16(22)10-17(18)23/h4-10H,11-13H2,1-3H3,(H,24,28)/t21-/m0/s1. The number of rotatable bonds is 5. The lowest BCUT2D eigenvalue weighted by molar-refractivity contribution is -0.133. The zero-order chi connectivity index (χ0) is 23.0. The number of nitrogens with zero attached hydrogens (tertiary/aromatic N) is 2. The summed E-state index contributed by atoms with van der Waals surface area (Å²) in [5.41, 5.74) is -0.222. The number of anilines is 1. The van der Waals surface area contributed by atoms with E-state index in [1.54, 1.807) is 0 Å². The molecule has 1 saturated heterocycles. The fourth-order valence-corrected chi connectivity index (χ4v) is 4.35. The van der Waals surface area contributed by atoms with Crippen LogP contribution in [0.2, 0.25) is 0 Å². The zero-order valence-corrected chi connectivity index (χ0v) is 18.2. The number of aryl methyl sites for hydroxylation is 1. The highest BCUT2D eigenvalue weighted by Gasteiger charge is 2.50. The van der Waals surface area contributed by atoms with E-state index in [9.17, 15) is 26.8 Å². The molecule has 166 valence electrons. The molecule has 1 N–H and O–H groups in total. The Morgan fingerprint density at radius 2 is 1.81 bits per heavy atom. The van der Waals surface area contributed by atoms with Crippen LogP contribution in [0, 0.1) is 18.6 Å². The summed E-state index contributed by atoms with van der Waals surface area (Å²) in [7, 11) is -3.81. The smallest absolute Gasteiger partial charge is 0.247 e. The quantitative estimate of drug-likeness (QED) is 0.753. The number of amides is 2. The minimum Gasteiger partial charge on any atom is -0.350 e. The van der Waals surface area contributed by atoms with Gasteiger partial charge in [0.25, 0.3) is 0 Å². The second-order valence-electron chi connectivity index (χ2n) is 7.80. The molecule has 1 aliphatic rings. The molecule has 0 radical (unpaired) electrons. The topological polar surface area (TPSA) is 86.8 Å². The lowest BCUT2D eigenvalue weighted by atomic mass is 9.94. The zero-order valence-electron chi connectivity index (χ0n) is 17.4. The first kappa shape index (κ1) is 22.8. The van der Waals surface area contributed by atoms with Crippen LogP contribution in [0.5, 0.6) is 0 Å². The Labute approximate surface area is 179 Å². The van der Waals surface area contributed by atoms with Crippen molar-refractivity contribution in [3.8, 4) is 0 Å². The number of benzene rings is 2. The van der Waals surface area contributed by atoms with Crippen molar-refractivity contribution < 1.29 is 26.8 Å². The van der Waals surface area contributed by atoms with Crippen LogP contribution in [-0.4, -0.2) is 49.4 Å². The Kier molecular flexibility index (Phi) is 6.15. The summed E-state index contributed by atoms with van der Waals surface area (Å²) in [6.07, 6.45) is 0.930. The molecular weight excluding hydrogens is 428 g/mol. The van der Waals surface area contributed by atoms with E-state index >= 15 is 0 Å². The largest absolute Gasteiger partial charge is 0.350 e. The lowest BCUT2D eigenvalue weighted by Crippen LogP contribution is -2.70. The molecule has 1 atom stereocenters. The van der Waals surface area contributed by atoms with Gasteiger partial charge in [0.05, 0.1) is 18.5 Å². The first-order chi connectivity index (χ1) is 14.4. The van der Waals surface area contributed by atoms with Gasteiger partial charge in [0.1, 0.15) is 17.2 Å². The van der Waals surface area contributed by atoms with Crippen molar-refractivity contribution >= 4 is 27.5 Å². The average Bonchev–Trinajstić information content (AvgIpc) is 2.67. The third-order valence-electron chi connectivity index (χ3n) is 5.22. The summed E-state index contributed by atoms with van der Waals surface area (Å²) >= 11 is 0. The van der Waals surface area contributed by atoms with Gasteiger partial charge < -0.3 is 5.32 Å². The van der Waals surface area contributed by atoms with Crippen LogP contribution in [0.15, 0.2) is 42.5 Å². The molecule has 1 aliphatic heterocycles. The van der Waals surface area contributed by atoms with E-state index in [0.717, 1.165) is 38.7 Å². The summed E-state index contributed by atoms with van der Waals surface area (Å²) in [5, 5.41) is 2.70. The average molecular weight is 451 g/mol. The van der Waals surface area contributed by atoms with Gasteiger partial charge in [-0.2, -0.15) is 4.31 Å². The molecule has 3 rings (SSSR count). The maximum Gasteiger partial charge on any atom is 0.247 e. The molecule has 0 spiro atoms. The highest BCUT2D eigenvalue weighted by molar-refractivity contribution is 7.88. The maximum absolute atomic E-state index is 14.5. The van der Waals surface area contributed by atoms with Crippen LogP contribution in [0.1, 0.15) is 18.1 Å². The molecule has 2 amide bonds. The van der Waals surface area contributed by atoms with Crippen molar-refractivity contribution in [1.29, 1.82) is 0 Å². The van der Waals surface area contributed by atoms with Crippen molar-refractivity contribution in [1.82, 2.24) is 9.62 Å². The minimum atomic E-state index is -3.81. The Bertz CT molecular complexity index is 1120. The van der Waals surface area contributed by atoms with Gasteiger partial charge in [-0.05, 0) is 31.5 Å². The number of sulfonamides is 1. The van der Waals surface area contributed by atoms with E-state index < -0.39 is 45.6 Å². The van der Waals surface area contributed by atoms with Crippen LogP contribution in [-0.2, 0) is 26.2 Å². The Balaban J connectivity index is 1.98. The molecule has 31 heavy (non-hydrogen) atoms. The number of hydrogen-bond donors (Lipinski definition) is 1. The molecule has 10 heteroatoms. The normalized spacial score (nSPS) is 20.0. The van der Waals surface area contributed by atoms with Gasteiger partial charge in [0.15, 0.2) is 0 Å². The third-order valence-corrected chi connectivity index (χ3v) is 6.42. The molecule has 0 aliphatic carbocycles. The van der Waals surface area contributed by atoms with Crippen LogP contribution in [0.25, 0.3) is 0 Å². The fourth-order valence-electron chi connectivity index (χ4n) is 3.52. The fraction of sp³-hybridized carbons (Fsp3) is 0.333. The number of piperazine rings is 1. The molecule has 0 unspecified atom stereocenters. The third kappa shape index (κ3) is 4.75. The minimum absolute atomic E-state index is 0.126. The number of nitrogens with one attached hydrogen (secondary N) is 1. The van der Waals surface area contributed by atoms with Crippen LogP contribution in [0.3, 0.4) is 0 Å². The highest BCUT2D eigenvalue weighted by Crippen LogP contribution is 2.32. The van der Waals surface area contributed by atoms with Crippen molar-refractivity contribution in [3.63, 3.8) is 0 Å². The molecular formula is C21H23F2N3O4S. The van der Waals surface area contributed by atoms with Gasteiger partial charge in [0, 0.05) is 19.2 Å². The SMILES string of the molecule is Cc1ccc(CNC(=O)[C@]2(C)CN(S(C)(=O)=O)CC(=O)N2c2ccc(F)cc2F)cc1. The van der Waals surface area contributed by atoms with Gasteiger partial charge in [-0.3, -0.25) is 14.5 Å². The predicted molar refractivity (Wildman–Crippen MR) is 112 cm³/mol. The van der Waals surface area contributed by atoms with Crippen LogP contribution >= 0.6 is 0 Å². The summed E-state index contributed by atoms with van der Waals surface area (Å²) in [6.45, 7) is 2.47. The van der Waals surface area contributed by atoms with Gasteiger partial charge in [-0.25, -0.2) is 17.2 Å². The van der Waals surface area contributed by atoms with Crippen LogP contribution in [0.4, 0.5) is 14.5 Å². The van der Waals surface area contributed by atoms with E-state index in [1.807, 2.05) is 31.2 Å². The van der Waals surface area contributed by atoms with Gasteiger partial charge in [0.2, 0.25) is 21.8 Å². The van der Waals surface area contributed by atoms with Gasteiger partial charge in [-0.15, -0.1) is 0 Å². The number of carbonyl (C=O) groups is 2. The van der Waals surface area contributed by atoms with Crippen molar-refractivity contribution in [3.05, 3.63) is 65.2 Å². The van der Waals surface area contributed by atoms with Gasteiger partial charge in [-0.1, -0.05) is 29.8 Å². The molecule has 1 heterocycles. The molecule has 2 aromatic carbocycles. The molecule has 2 aromatic rings. The molecule has 7 nitrogen and oxygen atoms in total. The molecule has 0 bridgehead atoms. The predicted octanol–water partition coefficient (Wildman–Crippen LogP) is 1.96. The van der Waals surface area contributed by atoms with Crippen molar-refractivity contribution in [2.45, 2.75) is 25.9 Å². The van der Waals surface area contributed by atoms with E-state index in [0.29, 0.717) is 6.07 Å². The number of halogens is 2. The lowest BCUT2D eigenvalue weighted by Gasteiger charge is -2.46. The second kappa shape index (κ2) is 8.35. The Morgan fingerprint density at radius 1 is 1.16 bits per heavy atom. The summed E-state index contributed by atoms with van der Waals surface area (Å²) in [5.74, 6) is -3.33. The van der Waals surface area contributed by atoms with E-state index in [2.05, 4.69) is 5.32 Å². The van der Waals surface area contributed by atoms with E-state index in [4.69, 9.17) is 0 Å².